The molecule has 2 N–H and O–H groups in total. The van der Waals surface area contributed by atoms with Crippen molar-refractivity contribution < 1.29 is 4.79 Å². The topological polar surface area (TPSA) is 69.6 Å². The highest BCUT2D eigenvalue weighted by atomic mass is 127. The standard InChI is InChI=1S/C18H28ClN5O.HI/c1-14-4-3-11-24(13-14)17(25)8-10-22-18(20-2)21-9-7-15-5-6-16(19)23-12-15;/h5-6,12,14H,3-4,7-11,13H2,1-2H3,(H2,20,21,22);1H. The summed E-state index contributed by atoms with van der Waals surface area (Å²) < 4.78 is 0. The summed E-state index contributed by atoms with van der Waals surface area (Å²) in [5.41, 5.74) is 1.11. The molecule has 0 aliphatic carbocycles. The number of aromatic nitrogens is 1. The molecule has 1 amide bonds. The van der Waals surface area contributed by atoms with E-state index in [0.717, 1.165) is 38.0 Å². The summed E-state index contributed by atoms with van der Waals surface area (Å²) in [7, 11) is 1.73. The molecule has 1 aliphatic heterocycles. The van der Waals surface area contributed by atoms with E-state index in [1.165, 1.54) is 6.42 Å². The number of pyridine rings is 1. The first kappa shape index (κ1) is 23.0. The fraction of sp³-hybridized carbons (Fsp3) is 0.611. The maximum atomic E-state index is 12.2. The Bertz CT molecular complexity index is 581. The van der Waals surface area contributed by atoms with Crippen LogP contribution in [0.25, 0.3) is 0 Å². The molecule has 2 heterocycles. The molecule has 0 spiro atoms. The van der Waals surface area contributed by atoms with Gasteiger partial charge in [-0.05, 0) is 36.8 Å². The van der Waals surface area contributed by atoms with Gasteiger partial charge in [-0.1, -0.05) is 24.6 Å². The minimum Gasteiger partial charge on any atom is -0.356 e. The van der Waals surface area contributed by atoms with Gasteiger partial charge in [-0.3, -0.25) is 9.79 Å². The average molecular weight is 494 g/mol. The Kier molecular flexibility index (Phi) is 10.9. The van der Waals surface area contributed by atoms with E-state index in [0.29, 0.717) is 30.0 Å². The predicted octanol–water partition coefficient (Wildman–Crippen LogP) is 2.71. The monoisotopic (exact) mass is 493 g/mol. The SMILES string of the molecule is CN=C(NCCC(=O)N1CCCC(C)C1)NCCc1ccc(Cl)nc1.I. The molecule has 0 bridgehead atoms. The lowest BCUT2D eigenvalue weighted by molar-refractivity contribution is -0.132. The first-order valence-electron chi connectivity index (χ1n) is 8.91. The molecular weight excluding hydrogens is 465 g/mol. The lowest BCUT2D eigenvalue weighted by Gasteiger charge is -2.31. The molecule has 1 atom stereocenters. The van der Waals surface area contributed by atoms with Gasteiger partial charge in [-0.2, -0.15) is 0 Å². The number of guanidine groups is 1. The van der Waals surface area contributed by atoms with E-state index >= 15 is 0 Å². The summed E-state index contributed by atoms with van der Waals surface area (Å²) in [4.78, 5) is 22.5. The van der Waals surface area contributed by atoms with Gasteiger partial charge in [0.2, 0.25) is 5.91 Å². The number of nitrogens with zero attached hydrogens (tertiary/aromatic N) is 3. The highest BCUT2D eigenvalue weighted by molar-refractivity contribution is 14.0. The number of piperidine rings is 1. The number of aliphatic imine (C=N–C) groups is 1. The summed E-state index contributed by atoms with van der Waals surface area (Å²) in [6.07, 6.45) is 5.44. The Balaban J connectivity index is 0.00000338. The van der Waals surface area contributed by atoms with Gasteiger partial charge in [0.25, 0.3) is 0 Å². The van der Waals surface area contributed by atoms with Crippen molar-refractivity contribution in [1.82, 2.24) is 20.5 Å². The van der Waals surface area contributed by atoms with Crippen LogP contribution < -0.4 is 10.6 Å². The molecule has 1 fully saturated rings. The van der Waals surface area contributed by atoms with Crippen LogP contribution in [0.2, 0.25) is 5.15 Å². The van der Waals surface area contributed by atoms with Crippen LogP contribution in [0.4, 0.5) is 0 Å². The van der Waals surface area contributed by atoms with Crippen molar-refractivity contribution in [3.8, 4) is 0 Å². The van der Waals surface area contributed by atoms with Crippen molar-refractivity contribution in [1.29, 1.82) is 0 Å². The Morgan fingerprint density at radius 2 is 2.15 bits per heavy atom. The summed E-state index contributed by atoms with van der Waals surface area (Å²) in [5, 5.41) is 6.95. The summed E-state index contributed by atoms with van der Waals surface area (Å²) in [6.45, 7) is 5.32. The molecule has 8 heteroatoms. The van der Waals surface area contributed by atoms with Crippen molar-refractivity contribution >= 4 is 47.4 Å². The molecule has 1 aromatic rings. The highest BCUT2D eigenvalue weighted by Gasteiger charge is 2.20. The van der Waals surface area contributed by atoms with Crippen molar-refractivity contribution in [2.24, 2.45) is 10.9 Å². The van der Waals surface area contributed by atoms with Crippen molar-refractivity contribution in [3.63, 3.8) is 0 Å². The normalized spacial score (nSPS) is 17.4. The number of amides is 1. The van der Waals surface area contributed by atoms with E-state index in [1.807, 2.05) is 11.0 Å². The van der Waals surface area contributed by atoms with Gasteiger partial charge in [-0.15, -0.1) is 24.0 Å². The van der Waals surface area contributed by atoms with Crippen LogP contribution in [0, 0.1) is 5.92 Å². The highest BCUT2D eigenvalue weighted by Crippen LogP contribution is 2.15. The second-order valence-electron chi connectivity index (χ2n) is 6.50. The van der Waals surface area contributed by atoms with Gasteiger partial charge >= 0.3 is 0 Å². The molecule has 26 heavy (non-hydrogen) atoms. The third-order valence-corrected chi connectivity index (χ3v) is 4.58. The first-order chi connectivity index (χ1) is 12.1. The number of carbonyl (C=O) groups is 1. The number of likely N-dealkylation sites (tertiary alicyclic amines) is 1. The van der Waals surface area contributed by atoms with Crippen molar-refractivity contribution in [2.75, 3.05) is 33.2 Å². The van der Waals surface area contributed by atoms with Gasteiger partial charge in [0.15, 0.2) is 5.96 Å². The van der Waals surface area contributed by atoms with Crippen molar-refractivity contribution in [2.45, 2.75) is 32.6 Å². The summed E-state index contributed by atoms with van der Waals surface area (Å²) >= 11 is 5.78. The average Bonchev–Trinajstić information content (AvgIpc) is 2.62. The zero-order valence-electron chi connectivity index (χ0n) is 15.5. The fourth-order valence-corrected chi connectivity index (χ4v) is 3.07. The molecule has 0 aromatic carbocycles. The maximum absolute atomic E-state index is 12.2. The van der Waals surface area contributed by atoms with E-state index in [9.17, 15) is 4.79 Å². The third kappa shape index (κ3) is 8.07. The lowest BCUT2D eigenvalue weighted by Crippen LogP contribution is -2.42. The van der Waals surface area contributed by atoms with Gasteiger partial charge < -0.3 is 15.5 Å². The quantitative estimate of drug-likeness (QED) is 0.277. The van der Waals surface area contributed by atoms with Gasteiger partial charge in [0, 0.05) is 45.8 Å². The van der Waals surface area contributed by atoms with E-state index in [4.69, 9.17) is 11.6 Å². The maximum Gasteiger partial charge on any atom is 0.224 e. The summed E-state index contributed by atoms with van der Waals surface area (Å²) in [6, 6.07) is 3.75. The minimum absolute atomic E-state index is 0. The molecule has 146 valence electrons. The van der Waals surface area contributed by atoms with E-state index in [2.05, 4.69) is 27.5 Å². The van der Waals surface area contributed by atoms with Gasteiger partial charge in [-0.25, -0.2) is 4.98 Å². The molecule has 6 nitrogen and oxygen atoms in total. The van der Waals surface area contributed by atoms with Crippen LogP contribution in [0.5, 0.6) is 0 Å². The zero-order valence-corrected chi connectivity index (χ0v) is 18.6. The number of hydrogen-bond acceptors (Lipinski definition) is 3. The van der Waals surface area contributed by atoms with Gasteiger partial charge in [0.05, 0.1) is 0 Å². The minimum atomic E-state index is 0. The molecular formula is C18H29ClIN5O. The molecule has 2 rings (SSSR count). The Morgan fingerprint density at radius 1 is 1.38 bits per heavy atom. The molecule has 1 aromatic heterocycles. The third-order valence-electron chi connectivity index (χ3n) is 4.36. The smallest absolute Gasteiger partial charge is 0.224 e. The summed E-state index contributed by atoms with van der Waals surface area (Å²) in [5.74, 6) is 1.55. The molecule has 1 aliphatic rings. The van der Waals surface area contributed by atoms with E-state index < -0.39 is 0 Å². The Labute approximate surface area is 178 Å². The Hall–Kier alpha value is -1.09. The fourth-order valence-electron chi connectivity index (χ4n) is 2.96. The lowest BCUT2D eigenvalue weighted by atomic mass is 10.00. The second kappa shape index (κ2) is 12.3. The predicted molar refractivity (Wildman–Crippen MR) is 117 cm³/mol. The molecule has 0 saturated carbocycles. The van der Waals surface area contributed by atoms with Crippen LogP contribution in [-0.2, 0) is 11.2 Å². The number of carbonyl (C=O) groups excluding carboxylic acids is 1. The zero-order chi connectivity index (χ0) is 18.1. The van der Waals surface area contributed by atoms with E-state index in [-0.39, 0.29) is 29.9 Å². The second-order valence-corrected chi connectivity index (χ2v) is 6.89. The van der Waals surface area contributed by atoms with Crippen molar-refractivity contribution in [3.05, 3.63) is 29.0 Å². The Morgan fingerprint density at radius 3 is 2.81 bits per heavy atom. The van der Waals surface area contributed by atoms with Crippen LogP contribution in [0.15, 0.2) is 23.3 Å². The number of rotatable bonds is 6. The number of nitrogens with one attached hydrogen (secondary N) is 2. The molecule has 1 unspecified atom stereocenters. The molecule has 1 saturated heterocycles. The number of halogens is 2. The van der Waals surface area contributed by atoms with Crippen LogP contribution in [0.3, 0.4) is 0 Å². The van der Waals surface area contributed by atoms with E-state index in [1.54, 1.807) is 19.3 Å². The van der Waals surface area contributed by atoms with Crippen LogP contribution >= 0.6 is 35.6 Å². The first-order valence-corrected chi connectivity index (χ1v) is 9.29. The van der Waals surface area contributed by atoms with Crippen LogP contribution in [-0.4, -0.2) is 55.0 Å². The van der Waals surface area contributed by atoms with Gasteiger partial charge in [0.1, 0.15) is 5.15 Å². The number of hydrogen-bond donors (Lipinski definition) is 2. The largest absolute Gasteiger partial charge is 0.356 e. The molecule has 0 radical (unpaired) electrons. The van der Waals surface area contributed by atoms with Crippen LogP contribution in [0.1, 0.15) is 31.7 Å².